The lowest BCUT2D eigenvalue weighted by atomic mass is 9.95. The Labute approximate surface area is 147 Å². The summed E-state index contributed by atoms with van der Waals surface area (Å²) >= 11 is 0. The molecule has 0 aliphatic heterocycles. The molecule has 0 bridgehead atoms. The van der Waals surface area contributed by atoms with E-state index < -0.39 is 0 Å². The summed E-state index contributed by atoms with van der Waals surface area (Å²) in [6, 6.07) is 0. The van der Waals surface area contributed by atoms with E-state index >= 15 is 0 Å². The number of anilines is 1. The summed E-state index contributed by atoms with van der Waals surface area (Å²) in [5, 5.41) is 13.1. The van der Waals surface area contributed by atoms with Crippen LogP contribution in [-0.2, 0) is 19.0 Å². The maximum atomic E-state index is 4.74. The zero-order valence-electron chi connectivity index (χ0n) is 15.8. The molecule has 0 saturated heterocycles. The number of hydrogen-bond donors (Lipinski definition) is 1. The van der Waals surface area contributed by atoms with Crippen molar-refractivity contribution < 1.29 is 0 Å². The zero-order chi connectivity index (χ0) is 18.2. The number of fused-ring (bicyclic) bond motifs is 1. The van der Waals surface area contributed by atoms with Crippen LogP contribution >= 0.6 is 0 Å². The normalized spacial score (nSPS) is 12.1. The zero-order valence-corrected chi connectivity index (χ0v) is 15.8. The highest BCUT2D eigenvalue weighted by Gasteiger charge is 2.21. The smallest absolute Gasteiger partial charge is 0.163 e. The molecule has 0 radical (unpaired) electrons. The molecule has 0 amide bonds. The van der Waals surface area contributed by atoms with Gasteiger partial charge in [-0.15, -0.1) is 0 Å². The molecule has 3 aromatic rings. The van der Waals surface area contributed by atoms with Crippen molar-refractivity contribution in [2.24, 2.45) is 7.05 Å². The summed E-state index contributed by atoms with van der Waals surface area (Å²) < 4.78 is 3.73. The molecule has 0 aromatic carbocycles. The number of rotatable bonds is 5. The van der Waals surface area contributed by atoms with E-state index in [1.54, 1.807) is 4.68 Å². The first-order valence-electron chi connectivity index (χ1n) is 8.58. The Bertz CT molecular complexity index is 884. The maximum Gasteiger partial charge on any atom is 0.163 e. The second-order valence-corrected chi connectivity index (χ2v) is 7.36. The van der Waals surface area contributed by atoms with Gasteiger partial charge in [-0.05, 0) is 20.3 Å². The highest BCUT2D eigenvalue weighted by molar-refractivity contribution is 5.86. The summed E-state index contributed by atoms with van der Waals surface area (Å²) in [6.45, 7) is 11.9. The highest BCUT2D eigenvalue weighted by atomic mass is 15.3. The number of hydrogen-bond acceptors (Lipinski definition) is 6. The van der Waals surface area contributed by atoms with Crippen molar-refractivity contribution in [3.63, 3.8) is 0 Å². The Morgan fingerprint density at radius 2 is 1.88 bits per heavy atom. The Kier molecular flexibility index (Phi) is 4.45. The van der Waals surface area contributed by atoms with E-state index in [9.17, 15) is 0 Å². The summed E-state index contributed by atoms with van der Waals surface area (Å²) in [5.74, 6) is 3.42. The van der Waals surface area contributed by atoms with Gasteiger partial charge in [0.15, 0.2) is 5.65 Å². The lowest BCUT2D eigenvalue weighted by Crippen LogP contribution is -2.18. The van der Waals surface area contributed by atoms with Crippen molar-refractivity contribution in [1.29, 1.82) is 0 Å². The third-order valence-corrected chi connectivity index (χ3v) is 4.06. The van der Waals surface area contributed by atoms with Crippen LogP contribution in [0.15, 0.2) is 6.20 Å². The molecule has 0 aliphatic carbocycles. The molecule has 3 aromatic heterocycles. The molecule has 0 fully saturated rings. The highest BCUT2D eigenvalue weighted by Crippen LogP contribution is 2.25. The van der Waals surface area contributed by atoms with Crippen LogP contribution in [0.3, 0.4) is 0 Å². The fourth-order valence-corrected chi connectivity index (χ4v) is 2.70. The predicted molar refractivity (Wildman–Crippen MR) is 97.6 cm³/mol. The fourth-order valence-electron chi connectivity index (χ4n) is 2.70. The molecule has 8 heteroatoms. The minimum atomic E-state index is -0.121. The van der Waals surface area contributed by atoms with Crippen LogP contribution in [0.4, 0.5) is 5.82 Å². The lowest BCUT2D eigenvalue weighted by molar-refractivity contribution is 0.546. The number of nitrogens with one attached hydrogen (secondary N) is 1. The summed E-state index contributed by atoms with van der Waals surface area (Å²) in [5.41, 5.74) is 0.731. The average molecular weight is 342 g/mol. The predicted octanol–water partition coefficient (Wildman–Crippen LogP) is 2.37. The Morgan fingerprint density at radius 1 is 1.12 bits per heavy atom. The molecule has 0 atom stereocenters. The van der Waals surface area contributed by atoms with Crippen LogP contribution in [-0.4, -0.2) is 41.1 Å². The standard InChI is InChI=1S/C17H26N8/c1-11-20-12(2)25(23-11)9-7-8-18-14-13-10-19-24(6)15(13)22-16(21-14)17(3,4)5/h10H,7-9H2,1-6H3,(H,18,21,22). The molecule has 0 unspecified atom stereocenters. The third-order valence-electron chi connectivity index (χ3n) is 4.06. The van der Waals surface area contributed by atoms with Gasteiger partial charge in [0.25, 0.3) is 0 Å². The number of nitrogens with zero attached hydrogens (tertiary/aromatic N) is 7. The van der Waals surface area contributed by atoms with Crippen LogP contribution in [0.25, 0.3) is 11.0 Å². The van der Waals surface area contributed by atoms with Crippen LogP contribution in [0, 0.1) is 13.8 Å². The van der Waals surface area contributed by atoms with E-state index in [0.717, 1.165) is 53.8 Å². The lowest BCUT2D eigenvalue weighted by Gasteiger charge is -2.18. The van der Waals surface area contributed by atoms with Crippen molar-refractivity contribution >= 4 is 16.9 Å². The average Bonchev–Trinajstić information content (AvgIpc) is 3.05. The van der Waals surface area contributed by atoms with Crippen LogP contribution < -0.4 is 5.32 Å². The molecule has 134 valence electrons. The number of aryl methyl sites for hydroxylation is 4. The molecule has 8 nitrogen and oxygen atoms in total. The summed E-state index contributed by atoms with van der Waals surface area (Å²) in [6.07, 6.45) is 2.75. The molecule has 0 spiro atoms. The van der Waals surface area contributed by atoms with E-state index in [0.29, 0.717) is 0 Å². The molecule has 25 heavy (non-hydrogen) atoms. The first-order valence-corrected chi connectivity index (χ1v) is 8.58. The monoisotopic (exact) mass is 342 g/mol. The minimum absolute atomic E-state index is 0.121. The molecule has 3 heterocycles. The molecule has 1 N–H and O–H groups in total. The van der Waals surface area contributed by atoms with Gasteiger partial charge >= 0.3 is 0 Å². The van der Waals surface area contributed by atoms with Gasteiger partial charge in [-0.25, -0.2) is 15.0 Å². The van der Waals surface area contributed by atoms with Gasteiger partial charge in [0.1, 0.15) is 23.3 Å². The summed E-state index contributed by atoms with van der Waals surface area (Å²) in [4.78, 5) is 13.8. The van der Waals surface area contributed by atoms with Gasteiger partial charge in [0, 0.05) is 25.6 Å². The van der Waals surface area contributed by atoms with E-state index in [-0.39, 0.29) is 5.41 Å². The van der Waals surface area contributed by atoms with Gasteiger partial charge in [0.05, 0.1) is 11.6 Å². The van der Waals surface area contributed by atoms with Gasteiger partial charge in [0.2, 0.25) is 0 Å². The van der Waals surface area contributed by atoms with Gasteiger partial charge < -0.3 is 5.32 Å². The second kappa shape index (κ2) is 6.42. The summed E-state index contributed by atoms with van der Waals surface area (Å²) in [7, 11) is 1.90. The van der Waals surface area contributed by atoms with E-state index in [1.807, 2.05) is 31.8 Å². The quantitative estimate of drug-likeness (QED) is 0.716. The first kappa shape index (κ1) is 17.3. The number of aromatic nitrogens is 7. The molecular formula is C17H26N8. The van der Waals surface area contributed by atoms with Gasteiger partial charge in [-0.2, -0.15) is 10.2 Å². The fraction of sp³-hybridized carbons (Fsp3) is 0.588. The molecule has 0 saturated carbocycles. The molecular weight excluding hydrogens is 316 g/mol. The Hall–Kier alpha value is -2.51. The first-order chi connectivity index (χ1) is 11.8. The largest absolute Gasteiger partial charge is 0.369 e. The van der Waals surface area contributed by atoms with E-state index in [2.05, 4.69) is 46.3 Å². The molecule has 0 aliphatic rings. The topological polar surface area (TPSA) is 86.3 Å². The second-order valence-electron chi connectivity index (χ2n) is 7.36. The third kappa shape index (κ3) is 3.62. The Balaban J connectivity index is 1.75. The van der Waals surface area contributed by atoms with Crippen LogP contribution in [0.2, 0.25) is 0 Å². The van der Waals surface area contributed by atoms with Gasteiger partial charge in [-0.1, -0.05) is 20.8 Å². The Morgan fingerprint density at radius 3 is 2.52 bits per heavy atom. The van der Waals surface area contributed by atoms with Crippen molar-refractivity contribution in [2.75, 3.05) is 11.9 Å². The van der Waals surface area contributed by atoms with E-state index in [1.165, 1.54) is 0 Å². The van der Waals surface area contributed by atoms with Crippen molar-refractivity contribution in [3.8, 4) is 0 Å². The van der Waals surface area contributed by atoms with Gasteiger partial charge in [-0.3, -0.25) is 9.36 Å². The van der Waals surface area contributed by atoms with Crippen molar-refractivity contribution in [1.82, 2.24) is 34.5 Å². The van der Waals surface area contributed by atoms with Crippen LogP contribution in [0.5, 0.6) is 0 Å². The van der Waals surface area contributed by atoms with Crippen LogP contribution in [0.1, 0.15) is 44.7 Å². The van der Waals surface area contributed by atoms with E-state index in [4.69, 9.17) is 4.98 Å². The van der Waals surface area contributed by atoms with Crippen molar-refractivity contribution in [2.45, 2.75) is 53.0 Å². The molecule has 3 rings (SSSR count). The maximum absolute atomic E-state index is 4.74. The minimum Gasteiger partial charge on any atom is -0.369 e. The SMILES string of the molecule is Cc1nc(C)n(CCCNc2nc(C(C)(C)C)nc3c2cnn3C)n1. The van der Waals surface area contributed by atoms with Crippen molar-refractivity contribution in [3.05, 3.63) is 23.7 Å².